The second kappa shape index (κ2) is 3.82. The third-order valence-electron chi connectivity index (χ3n) is 1.44. The number of hydrogen-bond acceptors (Lipinski definition) is 3. The van der Waals surface area contributed by atoms with E-state index < -0.39 is 4.92 Å². The molecule has 0 aliphatic heterocycles. The van der Waals surface area contributed by atoms with E-state index in [9.17, 15) is 10.1 Å². The Morgan fingerprint density at radius 1 is 1.50 bits per heavy atom. The van der Waals surface area contributed by atoms with Crippen molar-refractivity contribution in [2.45, 2.75) is 0 Å². The molecule has 1 aromatic rings. The maximum Gasteiger partial charge on any atom is 0.272 e. The van der Waals surface area contributed by atoms with E-state index in [1.807, 2.05) is 0 Å². The zero-order valence-corrected chi connectivity index (χ0v) is 6.30. The molecule has 4 heteroatoms. The number of nitro benzene ring substituents is 1. The maximum atomic E-state index is 10.4. The largest absolute Gasteiger partial charge is 0.396 e. The highest BCUT2D eigenvalue weighted by atomic mass is 16.6. The topological polar surface area (TPSA) is 63.4 Å². The van der Waals surface area contributed by atoms with E-state index in [4.69, 9.17) is 5.11 Å². The first kappa shape index (κ1) is 8.67. The van der Waals surface area contributed by atoms with Crippen LogP contribution in [0.15, 0.2) is 24.3 Å². The van der Waals surface area contributed by atoms with Crippen LogP contribution in [0.5, 0.6) is 0 Å². The fraction of sp³-hybridized carbons (Fsp3) is 0.125. The van der Waals surface area contributed by atoms with Crippen molar-refractivity contribution >= 4 is 5.69 Å². The van der Waals surface area contributed by atoms with Crippen LogP contribution < -0.4 is 0 Å². The molecule has 0 fully saturated rings. The molecule has 0 saturated carbocycles. The maximum absolute atomic E-state index is 10.4. The average molecular weight is 166 g/mol. The fourth-order valence-corrected chi connectivity index (χ4v) is 0.925. The third kappa shape index (κ3) is 1.79. The smallest absolute Gasteiger partial charge is 0.272 e. The van der Waals surface area contributed by atoms with Crippen LogP contribution in [-0.4, -0.2) is 16.6 Å². The number of aliphatic hydroxyl groups excluding tert-OH is 1. The van der Waals surface area contributed by atoms with E-state index in [0.717, 1.165) is 0 Å². The average Bonchev–Trinajstić information content (AvgIpc) is 2.05. The van der Waals surface area contributed by atoms with Crippen molar-refractivity contribution in [3.63, 3.8) is 0 Å². The Balaban J connectivity index is 3.00. The predicted octanol–water partition coefficient (Wildman–Crippen LogP) is 1.14. The summed E-state index contributed by atoms with van der Waals surface area (Å²) < 4.78 is 0. The van der Waals surface area contributed by atoms with Gasteiger partial charge in [-0.25, -0.2) is 0 Å². The number of hydrogen-bond donors (Lipinski definition) is 1. The van der Waals surface area contributed by atoms with Gasteiger partial charge >= 0.3 is 0 Å². The summed E-state index contributed by atoms with van der Waals surface area (Å²) in [7, 11) is 0. The molecule has 0 atom stereocenters. The van der Waals surface area contributed by atoms with E-state index in [2.05, 4.69) is 0 Å². The molecule has 0 aromatic heterocycles. The number of benzene rings is 1. The molecule has 0 unspecified atom stereocenters. The fourth-order valence-electron chi connectivity index (χ4n) is 0.925. The Hall–Kier alpha value is -1.42. The Bertz CT molecular complexity index is 285. The molecule has 0 aliphatic carbocycles. The lowest BCUT2D eigenvalue weighted by Gasteiger charge is -1.98. The summed E-state index contributed by atoms with van der Waals surface area (Å²) in [6.07, 6.45) is 1.40. The van der Waals surface area contributed by atoms with Crippen molar-refractivity contribution in [2.75, 3.05) is 6.61 Å². The van der Waals surface area contributed by atoms with Gasteiger partial charge in [-0.05, 0) is 0 Å². The molecule has 4 nitrogen and oxygen atoms in total. The minimum atomic E-state index is -0.471. The van der Waals surface area contributed by atoms with Gasteiger partial charge in [-0.1, -0.05) is 18.2 Å². The van der Waals surface area contributed by atoms with E-state index in [-0.39, 0.29) is 12.3 Å². The van der Waals surface area contributed by atoms with Gasteiger partial charge in [-0.15, -0.1) is 0 Å². The van der Waals surface area contributed by atoms with Gasteiger partial charge in [0, 0.05) is 18.1 Å². The second-order valence-corrected chi connectivity index (χ2v) is 2.20. The van der Waals surface area contributed by atoms with Crippen molar-refractivity contribution in [1.29, 1.82) is 0 Å². The highest BCUT2D eigenvalue weighted by Gasteiger charge is 2.10. The summed E-state index contributed by atoms with van der Waals surface area (Å²) in [5.74, 6) is 0. The van der Waals surface area contributed by atoms with Crippen LogP contribution in [0.2, 0.25) is 0 Å². The molecule has 1 N–H and O–H groups in total. The van der Waals surface area contributed by atoms with Crippen LogP contribution in [0.4, 0.5) is 5.69 Å². The lowest BCUT2D eigenvalue weighted by molar-refractivity contribution is -0.385. The first-order chi connectivity index (χ1) is 5.75. The van der Waals surface area contributed by atoms with Gasteiger partial charge in [-0.2, -0.15) is 0 Å². The molecule has 1 aromatic carbocycles. The van der Waals surface area contributed by atoms with Crippen LogP contribution >= 0.6 is 0 Å². The molecule has 0 bridgehead atoms. The van der Waals surface area contributed by atoms with Crippen molar-refractivity contribution in [1.82, 2.24) is 0 Å². The van der Waals surface area contributed by atoms with Gasteiger partial charge in [0.1, 0.15) is 0 Å². The second-order valence-electron chi connectivity index (χ2n) is 2.20. The Labute approximate surface area is 69.6 Å². The quantitative estimate of drug-likeness (QED) is 0.541. The molecule has 63 valence electrons. The lowest BCUT2D eigenvalue weighted by Crippen LogP contribution is -1.95. The Morgan fingerprint density at radius 2 is 2.17 bits per heavy atom. The normalized spacial score (nSPS) is 9.75. The minimum Gasteiger partial charge on any atom is -0.396 e. The molecule has 1 rings (SSSR count). The van der Waals surface area contributed by atoms with Gasteiger partial charge in [0.05, 0.1) is 11.5 Å². The first-order valence-electron chi connectivity index (χ1n) is 3.43. The Morgan fingerprint density at radius 3 is 2.75 bits per heavy atom. The van der Waals surface area contributed by atoms with Crippen LogP contribution in [0, 0.1) is 16.5 Å². The van der Waals surface area contributed by atoms with E-state index in [1.165, 1.54) is 12.5 Å². The van der Waals surface area contributed by atoms with Gasteiger partial charge in [0.2, 0.25) is 0 Å². The highest BCUT2D eigenvalue weighted by Crippen LogP contribution is 2.18. The van der Waals surface area contributed by atoms with Gasteiger partial charge < -0.3 is 5.11 Å². The van der Waals surface area contributed by atoms with E-state index in [1.54, 1.807) is 18.2 Å². The highest BCUT2D eigenvalue weighted by molar-refractivity contribution is 5.44. The van der Waals surface area contributed by atoms with Crippen LogP contribution in [0.1, 0.15) is 5.56 Å². The summed E-state index contributed by atoms with van der Waals surface area (Å²) in [4.78, 5) is 9.93. The minimum absolute atomic E-state index is 0.0200. The SMILES string of the molecule is O=[N+]([O-])c1ccccc1[CH]CO. The Kier molecular flexibility index (Phi) is 2.76. The molecule has 0 spiro atoms. The van der Waals surface area contributed by atoms with Crippen LogP contribution in [0.25, 0.3) is 0 Å². The van der Waals surface area contributed by atoms with Crippen molar-refractivity contribution in [3.05, 3.63) is 46.4 Å². The third-order valence-corrected chi connectivity index (χ3v) is 1.44. The first-order valence-corrected chi connectivity index (χ1v) is 3.43. The summed E-state index contributed by atoms with van der Waals surface area (Å²) in [5, 5.41) is 18.9. The molecule has 12 heavy (non-hydrogen) atoms. The predicted molar refractivity (Wildman–Crippen MR) is 43.6 cm³/mol. The van der Waals surface area contributed by atoms with Gasteiger partial charge in [0.15, 0.2) is 0 Å². The number of para-hydroxylation sites is 1. The monoisotopic (exact) mass is 166 g/mol. The lowest BCUT2D eigenvalue weighted by atomic mass is 10.1. The number of nitrogens with zero attached hydrogens (tertiary/aromatic N) is 1. The van der Waals surface area contributed by atoms with Gasteiger partial charge in [0.25, 0.3) is 5.69 Å². The zero-order chi connectivity index (χ0) is 8.97. The summed E-state index contributed by atoms with van der Waals surface area (Å²) in [5.41, 5.74) is 0.469. The van der Waals surface area contributed by atoms with Gasteiger partial charge in [-0.3, -0.25) is 10.1 Å². The van der Waals surface area contributed by atoms with E-state index in [0.29, 0.717) is 5.56 Å². The molecular formula is C8H8NO3. The number of aliphatic hydroxyl groups is 1. The number of nitro groups is 1. The summed E-state index contributed by atoms with van der Waals surface area (Å²) in [6, 6.07) is 6.27. The summed E-state index contributed by atoms with van der Waals surface area (Å²) >= 11 is 0. The molecule has 1 radical (unpaired) electrons. The van der Waals surface area contributed by atoms with Crippen molar-refractivity contribution in [2.24, 2.45) is 0 Å². The van der Waals surface area contributed by atoms with E-state index >= 15 is 0 Å². The van der Waals surface area contributed by atoms with Crippen molar-refractivity contribution < 1.29 is 10.0 Å². The standard InChI is InChI=1S/C8H8NO3/c10-6-5-7-3-1-2-4-8(7)9(11)12/h1-5,10H,6H2. The molecule has 0 aliphatic rings. The molecule has 0 heterocycles. The number of rotatable bonds is 3. The molecule has 0 amide bonds. The zero-order valence-electron chi connectivity index (χ0n) is 6.30. The van der Waals surface area contributed by atoms with Crippen molar-refractivity contribution in [3.8, 4) is 0 Å². The molecule has 0 saturated heterocycles. The van der Waals surface area contributed by atoms with Crippen LogP contribution in [0.3, 0.4) is 0 Å². The summed E-state index contributed by atoms with van der Waals surface area (Å²) in [6.45, 7) is -0.190. The molecular weight excluding hydrogens is 158 g/mol. The van der Waals surface area contributed by atoms with Crippen LogP contribution in [-0.2, 0) is 0 Å².